The van der Waals surface area contributed by atoms with Crippen molar-refractivity contribution in [2.75, 3.05) is 13.2 Å². The lowest BCUT2D eigenvalue weighted by molar-refractivity contribution is -0.379. The van der Waals surface area contributed by atoms with Crippen molar-refractivity contribution in [3.8, 4) is 0 Å². The zero-order chi connectivity index (χ0) is 20.5. The quantitative estimate of drug-likeness (QED) is 0.212. The summed E-state index contributed by atoms with van der Waals surface area (Å²) in [6.45, 7) is 1.37. The van der Waals surface area contributed by atoms with Crippen LogP contribution in [-0.2, 0) is 23.7 Å². The van der Waals surface area contributed by atoms with Crippen molar-refractivity contribution in [3.05, 3.63) is 0 Å². The van der Waals surface area contributed by atoms with Crippen LogP contribution in [0.15, 0.2) is 0 Å². The molecule has 7 N–H and O–H groups in total. The molecule has 27 heavy (non-hydrogen) atoms. The van der Waals surface area contributed by atoms with Gasteiger partial charge in [-0.05, 0) is 13.8 Å². The summed E-state index contributed by atoms with van der Waals surface area (Å²) in [4.78, 5) is 12.1. The van der Waals surface area contributed by atoms with E-state index in [2.05, 4.69) is 0 Å². The maximum Gasteiger partial charge on any atom is 0.338 e. The highest BCUT2D eigenvalue weighted by atomic mass is 16.8. The van der Waals surface area contributed by atoms with E-state index in [1.54, 1.807) is 13.8 Å². The number of hydrogen-bond acceptors (Lipinski definition) is 12. The molecule has 12 heteroatoms. The molecule has 0 aromatic carbocycles. The molecule has 0 saturated carbocycles. The van der Waals surface area contributed by atoms with Gasteiger partial charge in [0.1, 0.15) is 43.2 Å². The standard InChI is InChI=1S/C15H26O12/c1-5(2)24-13(23)11-9(20)8(19)10(21)14(25-11)27-15(4-17)12(22)7(18)6(3-16)26-15/h5-12,14,16-22H,3-4H2,1-2H3/t6-,7+,8?,9+,10+,11?,12?,14-,15+/m1/s1. The fourth-order valence-corrected chi connectivity index (χ4v) is 2.91. The highest BCUT2D eigenvalue weighted by molar-refractivity contribution is 5.76. The molecule has 3 unspecified atom stereocenters. The molecule has 0 radical (unpaired) electrons. The zero-order valence-corrected chi connectivity index (χ0v) is 14.8. The van der Waals surface area contributed by atoms with Gasteiger partial charge in [0.05, 0.1) is 12.7 Å². The molecule has 0 aliphatic carbocycles. The Morgan fingerprint density at radius 3 is 2.15 bits per heavy atom. The maximum absolute atomic E-state index is 12.1. The molecule has 0 aromatic rings. The van der Waals surface area contributed by atoms with E-state index in [0.717, 1.165) is 0 Å². The van der Waals surface area contributed by atoms with Gasteiger partial charge in [-0.2, -0.15) is 0 Å². The van der Waals surface area contributed by atoms with Crippen LogP contribution >= 0.6 is 0 Å². The van der Waals surface area contributed by atoms with Crippen molar-refractivity contribution in [1.82, 2.24) is 0 Å². The van der Waals surface area contributed by atoms with E-state index in [1.807, 2.05) is 0 Å². The molecule has 2 aliphatic heterocycles. The molecule has 2 aliphatic rings. The molecule has 0 spiro atoms. The number of aliphatic hydroxyl groups is 7. The Hall–Kier alpha value is -0.930. The number of hydrogen-bond donors (Lipinski definition) is 7. The lowest BCUT2D eigenvalue weighted by atomic mass is 9.98. The van der Waals surface area contributed by atoms with Gasteiger partial charge in [-0.15, -0.1) is 0 Å². The van der Waals surface area contributed by atoms with E-state index in [1.165, 1.54) is 0 Å². The van der Waals surface area contributed by atoms with Crippen molar-refractivity contribution in [2.45, 2.75) is 74.8 Å². The molecule has 12 nitrogen and oxygen atoms in total. The second-order valence-electron chi connectivity index (χ2n) is 6.74. The van der Waals surface area contributed by atoms with E-state index in [-0.39, 0.29) is 0 Å². The van der Waals surface area contributed by atoms with Crippen molar-refractivity contribution in [1.29, 1.82) is 0 Å². The van der Waals surface area contributed by atoms with Crippen molar-refractivity contribution < 1.29 is 59.5 Å². The molecule has 2 heterocycles. The van der Waals surface area contributed by atoms with Crippen LogP contribution in [0.3, 0.4) is 0 Å². The van der Waals surface area contributed by atoms with Crippen molar-refractivity contribution >= 4 is 5.97 Å². The van der Waals surface area contributed by atoms with Gasteiger partial charge in [-0.1, -0.05) is 0 Å². The minimum atomic E-state index is -2.31. The highest BCUT2D eigenvalue weighted by Gasteiger charge is 2.59. The normalized spacial score (nSPS) is 45.3. The van der Waals surface area contributed by atoms with Gasteiger partial charge < -0.3 is 54.7 Å². The van der Waals surface area contributed by atoms with Crippen LogP contribution in [0.5, 0.6) is 0 Å². The molecule has 158 valence electrons. The van der Waals surface area contributed by atoms with E-state index in [9.17, 15) is 35.4 Å². The Morgan fingerprint density at radius 1 is 1.04 bits per heavy atom. The molecule has 0 aromatic heterocycles. The van der Waals surface area contributed by atoms with Crippen LogP contribution in [0, 0.1) is 0 Å². The third kappa shape index (κ3) is 4.24. The Bertz CT molecular complexity index is 515. The van der Waals surface area contributed by atoms with Gasteiger partial charge in [0, 0.05) is 0 Å². The van der Waals surface area contributed by atoms with E-state index in [0.29, 0.717) is 0 Å². The van der Waals surface area contributed by atoms with Crippen molar-refractivity contribution in [3.63, 3.8) is 0 Å². The lowest BCUT2D eigenvalue weighted by Gasteiger charge is -2.42. The fraction of sp³-hybridized carbons (Fsp3) is 0.933. The minimum Gasteiger partial charge on any atom is -0.461 e. The predicted octanol–water partition coefficient (Wildman–Crippen LogP) is -4.44. The second-order valence-corrected chi connectivity index (χ2v) is 6.74. The summed E-state index contributed by atoms with van der Waals surface area (Å²) < 4.78 is 20.5. The molecule has 9 atom stereocenters. The van der Waals surface area contributed by atoms with Gasteiger partial charge in [-0.3, -0.25) is 0 Å². The summed E-state index contributed by atoms with van der Waals surface area (Å²) in [5.74, 6) is -3.34. The van der Waals surface area contributed by atoms with Crippen LogP contribution in [0.4, 0.5) is 0 Å². The number of carbonyl (C=O) groups excluding carboxylic acids is 1. The molecular weight excluding hydrogens is 372 g/mol. The largest absolute Gasteiger partial charge is 0.461 e. The van der Waals surface area contributed by atoms with Crippen LogP contribution < -0.4 is 0 Å². The van der Waals surface area contributed by atoms with Gasteiger partial charge >= 0.3 is 5.97 Å². The molecule has 2 saturated heterocycles. The van der Waals surface area contributed by atoms with Gasteiger partial charge in [-0.25, -0.2) is 4.79 Å². The summed E-state index contributed by atoms with van der Waals surface area (Å²) in [7, 11) is 0. The monoisotopic (exact) mass is 398 g/mol. The van der Waals surface area contributed by atoms with E-state index in [4.69, 9.17) is 24.1 Å². The minimum absolute atomic E-state index is 0.555. The first-order chi connectivity index (χ1) is 12.6. The average Bonchev–Trinajstić information content (AvgIpc) is 2.86. The average molecular weight is 398 g/mol. The molecule has 2 rings (SSSR count). The number of carbonyl (C=O) groups is 1. The summed E-state index contributed by atoms with van der Waals surface area (Å²) in [5, 5.41) is 68.8. The van der Waals surface area contributed by atoms with Crippen LogP contribution in [0.1, 0.15) is 13.8 Å². The topological polar surface area (TPSA) is 196 Å². The number of esters is 1. The summed E-state index contributed by atoms with van der Waals surface area (Å²) in [6, 6.07) is 0. The summed E-state index contributed by atoms with van der Waals surface area (Å²) >= 11 is 0. The van der Waals surface area contributed by atoms with E-state index >= 15 is 0 Å². The van der Waals surface area contributed by atoms with Crippen LogP contribution in [0.2, 0.25) is 0 Å². The maximum atomic E-state index is 12.1. The molecule has 0 amide bonds. The Morgan fingerprint density at radius 2 is 1.67 bits per heavy atom. The van der Waals surface area contributed by atoms with Crippen molar-refractivity contribution in [2.24, 2.45) is 0 Å². The first kappa shape index (κ1) is 22.4. The number of rotatable bonds is 6. The second kappa shape index (κ2) is 8.61. The van der Waals surface area contributed by atoms with Gasteiger partial charge in [0.2, 0.25) is 5.79 Å². The predicted molar refractivity (Wildman–Crippen MR) is 82.8 cm³/mol. The van der Waals surface area contributed by atoms with Crippen LogP contribution in [0.25, 0.3) is 0 Å². The first-order valence-corrected chi connectivity index (χ1v) is 8.41. The van der Waals surface area contributed by atoms with E-state index < -0.39 is 80.1 Å². The van der Waals surface area contributed by atoms with Gasteiger partial charge in [0.25, 0.3) is 0 Å². The summed E-state index contributed by atoms with van der Waals surface area (Å²) in [5.41, 5.74) is 0. The Kier molecular flexibility index (Phi) is 7.13. The third-order valence-corrected chi connectivity index (χ3v) is 4.38. The van der Waals surface area contributed by atoms with Gasteiger partial charge in [0.15, 0.2) is 12.4 Å². The zero-order valence-electron chi connectivity index (χ0n) is 14.8. The fourth-order valence-electron chi connectivity index (χ4n) is 2.91. The molecule has 0 bridgehead atoms. The van der Waals surface area contributed by atoms with Crippen LogP contribution in [-0.4, -0.2) is 116 Å². The third-order valence-electron chi connectivity index (χ3n) is 4.38. The smallest absolute Gasteiger partial charge is 0.338 e. The molecule has 2 fully saturated rings. The highest BCUT2D eigenvalue weighted by Crippen LogP contribution is 2.36. The SMILES string of the molecule is CC(C)OC(=O)C1O[C@H](O[C@]2(CO)O[C@H](CO)[C@H](O)C2O)[C@@H](O)C(O)[C@@H]1O. The lowest BCUT2D eigenvalue weighted by Crippen LogP contribution is -2.63. The first-order valence-electron chi connectivity index (χ1n) is 8.41. The molecular formula is C15H26O12. The number of ether oxygens (including phenoxy) is 4. The Balaban J connectivity index is 2.21. The summed E-state index contributed by atoms with van der Waals surface area (Å²) in [6.07, 6.45) is -14.5. The number of aliphatic hydroxyl groups excluding tert-OH is 7. The Labute approximate surface area is 154 Å².